The zero-order valence-electron chi connectivity index (χ0n) is 11.8. The van der Waals surface area contributed by atoms with Crippen LogP contribution in [0.4, 0.5) is 5.69 Å². The number of carbonyl (C=O) groups is 1. The molecule has 2 aromatic rings. The molecule has 6 heteroatoms. The zero-order valence-corrected chi connectivity index (χ0v) is 11.8. The van der Waals surface area contributed by atoms with Crippen molar-refractivity contribution in [1.82, 2.24) is 16.0 Å². The number of hydrazine groups is 1. The Kier molecular flexibility index (Phi) is 4.37. The molecule has 2 rings (SSSR count). The van der Waals surface area contributed by atoms with E-state index in [0.29, 0.717) is 12.3 Å². The Balaban J connectivity index is 1.82. The molecule has 0 aliphatic carbocycles. The molecule has 0 unspecified atom stereocenters. The second-order valence-corrected chi connectivity index (χ2v) is 4.69. The van der Waals surface area contributed by atoms with Gasteiger partial charge in [0.1, 0.15) is 5.76 Å². The minimum absolute atomic E-state index is 0.262. The third-order valence-corrected chi connectivity index (χ3v) is 2.81. The van der Waals surface area contributed by atoms with Crippen LogP contribution in [0.5, 0.6) is 0 Å². The Morgan fingerprint density at radius 3 is 2.55 bits per heavy atom. The van der Waals surface area contributed by atoms with Crippen LogP contribution in [0, 0.1) is 6.92 Å². The third-order valence-electron chi connectivity index (χ3n) is 2.81. The Bertz CT molecular complexity index is 575. The van der Waals surface area contributed by atoms with E-state index < -0.39 is 0 Å². The minimum Gasteiger partial charge on any atom is -0.378 e. The molecule has 6 nitrogen and oxygen atoms in total. The molecule has 0 bridgehead atoms. The first kappa shape index (κ1) is 14.1. The summed E-state index contributed by atoms with van der Waals surface area (Å²) >= 11 is 0. The molecule has 1 heterocycles. The van der Waals surface area contributed by atoms with Crippen LogP contribution in [0.25, 0.3) is 0 Å². The first-order valence-electron chi connectivity index (χ1n) is 6.29. The van der Waals surface area contributed by atoms with Gasteiger partial charge in [0, 0.05) is 32.4 Å². The molecule has 1 aromatic heterocycles. The number of carbonyl (C=O) groups excluding carboxylic acids is 1. The quantitative estimate of drug-likeness (QED) is 0.808. The monoisotopic (exact) mass is 274 g/mol. The van der Waals surface area contributed by atoms with Gasteiger partial charge in [0.25, 0.3) is 5.91 Å². The highest BCUT2D eigenvalue weighted by atomic mass is 16.5. The molecule has 0 saturated heterocycles. The molecule has 0 spiro atoms. The number of anilines is 1. The highest BCUT2D eigenvalue weighted by Gasteiger charge is 2.09. The van der Waals surface area contributed by atoms with Crippen molar-refractivity contribution >= 4 is 11.6 Å². The highest BCUT2D eigenvalue weighted by molar-refractivity contribution is 5.91. The van der Waals surface area contributed by atoms with Crippen LogP contribution in [0.1, 0.15) is 21.8 Å². The van der Waals surface area contributed by atoms with Gasteiger partial charge in [0.15, 0.2) is 5.69 Å². The number of benzene rings is 1. The Morgan fingerprint density at radius 1 is 1.30 bits per heavy atom. The van der Waals surface area contributed by atoms with E-state index in [2.05, 4.69) is 16.0 Å². The van der Waals surface area contributed by atoms with Crippen molar-refractivity contribution in [3.63, 3.8) is 0 Å². The molecule has 0 atom stereocenters. The molecule has 20 heavy (non-hydrogen) atoms. The van der Waals surface area contributed by atoms with Crippen LogP contribution in [-0.2, 0) is 6.54 Å². The normalized spacial score (nSPS) is 10.3. The molecule has 1 amide bonds. The molecule has 1 aromatic carbocycles. The van der Waals surface area contributed by atoms with E-state index in [-0.39, 0.29) is 11.6 Å². The summed E-state index contributed by atoms with van der Waals surface area (Å²) in [7, 11) is 3.99. The van der Waals surface area contributed by atoms with E-state index in [1.807, 2.05) is 43.3 Å². The lowest BCUT2D eigenvalue weighted by molar-refractivity contribution is 0.0923. The van der Waals surface area contributed by atoms with Gasteiger partial charge in [-0.25, -0.2) is 5.43 Å². The molecule has 0 aliphatic rings. The van der Waals surface area contributed by atoms with E-state index in [9.17, 15) is 4.79 Å². The lowest BCUT2D eigenvalue weighted by atomic mass is 10.2. The Labute approximate surface area is 117 Å². The SMILES string of the molecule is Cc1cc(C(=O)NNCc2ccc(N(C)C)cc2)no1. The van der Waals surface area contributed by atoms with Crippen LogP contribution in [0.15, 0.2) is 34.9 Å². The molecule has 0 fully saturated rings. The molecular weight excluding hydrogens is 256 g/mol. The fraction of sp³-hybridized carbons (Fsp3) is 0.286. The third kappa shape index (κ3) is 3.58. The van der Waals surface area contributed by atoms with Gasteiger partial charge in [0.2, 0.25) is 0 Å². The van der Waals surface area contributed by atoms with Crippen molar-refractivity contribution in [2.45, 2.75) is 13.5 Å². The minimum atomic E-state index is -0.313. The topological polar surface area (TPSA) is 70.4 Å². The van der Waals surface area contributed by atoms with Crippen LogP contribution in [-0.4, -0.2) is 25.2 Å². The molecule has 0 saturated carbocycles. The molecule has 2 N–H and O–H groups in total. The van der Waals surface area contributed by atoms with E-state index >= 15 is 0 Å². The first-order chi connectivity index (χ1) is 9.56. The molecular formula is C14H18N4O2. The van der Waals surface area contributed by atoms with Crippen LogP contribution < -0.4 is 15.8 Å². The largest absolute Gasteiger partial charge is 0.378 e. The summed E-state index contributed by atoms with van der Waals surface area (Å²) in [6.07, 6.45) is 0. The van der Waals surface area contributed by atoms with Crippen LogP contribution in [0.3, 0.4) is 0 Å². The zero-order chi connectivity index (χ0) is 14.5. The summed E-state index contributed by atoms with van der Waals surface area (Å²) in [6, 6.07) is 9.66. The lowest BCUT2D eigenvalue weighted by Crippen LogP contribution is -2.36. The average molecular weight is 274 g/mol. The van der Waals surface area contributed by atoms with Crippen LogP contribution >= 0.6 is 0 Å². The molecule has 106 valence electrons. The van der Waals surface area contributed by atoms with E-state index in [1.54, 1.807) is 13.0 Å². The maximum atomic E-state index is 11.7. The van der Waals surface area contributed by atoms with E-state index in [0.717, 1.165) is 11.3 Å². The van der Waals surface area contributed by atoms with E-state index in [4.69, 9.17) is 4.52 Å². The van der Waals surface area contributed by atoms with Gasteiger partial charge in [-0.3, -0.25) is 10.2 Å². The van der Waals surface area contributed by atoms with Gasteiger partial charge in [0.05, 0.1) is 0 Å². The second-order valence-electron chi connectivity index (χ2n) is 4.69. The number of nitrogens with zero attached hydrogens (tertiary/aromatic N) is 2. The second kappa shape index (κ2) is 6.21. The van der Waals surface area contributed by atoms with Gasteiger partial charge < -0.3 is 9.42 Å². The fourth-order valence-corrected chi connectivity index (χ4v) is 1.68. The summed E-state index contributed by atoms with van der Waals surface area (Å²) in [4.78, 5) is 13.7. The van der Waals surface area contributed by atoms with Crippen molar-refractivity contribution in [2.24, 2.45) is 0 Å². The average Bonchev–Trinajstić information content (AvgIpc) is 2.86. The number of hydrogen-bond donors (Lipinski definition) is 2. The Hall–Kier alpha value is -2.34. The van der Waals surface area contributed by atoms with Crippen LogP contribution in [0.2, 0.25) is 0 Å². The van der Waals surface area contributed by atoms with Crippen molar-refractivity contribution in [2.75, 3.05) is 19.0 Å². The highest BCUT2D eigenvalue weighted by Crippen LogP contribution is 2.11. The summed E-state index contributed by atoms with van der Waals surface area (Å²) < 4.78 is 4.84. The summed E-state index contributed by atoms with van der Waals surface area (Å²) in [5.74, 6) is 0.293. The number of aromatic nitrogens is 1. The number of aryl methyl sites for hydroxylation is 1. The number of amides is 1. The molecule has 0 radical (unpaired) electrons. The Morgan fingerprint density at radius 2 is 2.00 bits per heavy atom. The van der Waals surface area contributed by atoms with Gasteiger partial charge in [-0.1, -0.05) is 17.3 Å². The lowest BCUT2D eigenvalue weighted by Gasteiger charge is -2.13. The van der Waals surface area contributed by atoms with Gasteiger partial charge in [-0.15, -0.1) is 0 Å². The van der Waals surface area contributed by atoms with Gasteiger partial charge >= 0.3 is 0 Å². The van der Waals surface area contributed by atoms with Gasteiger partial charge in [-0.2, -0.15) is 0 Å². The summed E-state index contributed by atoms with van der Waals surface area (Å²) in [6.45, 7) is 2.28. The maximum Gasteiger partial charge on any atom is 0.287 e. The maximum absolute atomic E-state index is 11.7. The van der Waals surface area contributed by atoms with Crippen molar-refractivity contribution in [3.8, 4) is 0 Å². The predicted octanol–water partition coefficient (Wildman–Crippen LogP) is 1.48. The van der Waals surface area contributed by atoms with Crippen molar-refractivity contribution in [1.29, 1.82) is 0 Å². The predicted molar refractivity (Wildman–Crippen MR) is 76.3 cm³/mol. The smallest absolute Gasteiger partial charge is 0.287 e. The van der Waals surface area contributed by atoms with Crippen molar-refractivity contribution < 1.29 is 9.32 Å². The molecule has 0 aliphatic heterocycles. The summed E-state index contributed by atoms with van der Waals surface area (Å²) in [5.41, 5.74) is 7.91. The fourth-order valence-electron chi connectivity index (χ4n) is 1.68. The number of hydrogen-bond acceptors (Lipinski definition) is 5. The van der Waals surface area contributed by atoms with Crippen molar-refractivity contribution in [3.05, 3.63) is 47.3 Å². The van der Waals surface area contributed by atoms with Gasteiger partial charge in [-0.05, 0) is 24.6 Å². The first-order valence-corrected chi connectivity index (χ1v) is 6.29. The number of nitrogens with one attached hydrogen (secondary N) is 2. The summed E-state index contributed by atoms with van der Waals surface area (Å²) in [5, 5.41) is 3.64. The number of rotatable bonds is 5. The standard InChI is InChI=1S/C14H18N4O2/c1-10-8-13(17-20-10)14(19)16-15-9-11-4-6-12(7-5-11)18(2)3/h4-8,15H,9H2,1-3H3,(H,16,19). The van der Waals surface area contributed by atoms with E-state index in [1.165, 1.54) is 0 Å².